The Bertz CT molecular complexity index is 213. The Labute approximate surface area is 68.5 Å². The normalized spacial score (nSPS) is 34.7. The van der Waals surface area contributed by atoms with Crippen molar-refractivity contribution in [3.8, 4) is 0 Å². The molecule has 6 heteroatoms. The maximum Gasteiger partial charge on any atom is 0.148 e. The number of nitrogens with one attached hydrogen (secondary N) is 3. The predicted molar refractivity (Wildman–Crippen MR) is 45.3 cm³/mol. The first-order chi connectivity index (χ1) is 5.36. The van der Waals surface area contributed by atoms with E-state index in [9.17, 15) is 0 Å². The number of thioether (sulfide) groups is 1. The van der Waals surface area contributed by atoms with Crippen molar-refractivity contribution >= 4 is 18.1 Å². The topological polar surface area (TPSA) is 74.5 Å². The molecule has 0 aromatic rings. The van der Waals surface area contributed by atoms with Crippen LogP contribution in [0.2, 0.25) is 0 Å². The van der Waals surface area contributed by atoms with Gasteiger partial charge in [-0.15, -0.1) is 11.8 Å². The second-order valence-corrected chi connectivity index (χ2v) is 3.30. The van der Waals surface area contributed by atoms with Crippen LogP contribution in [0.15, 0.2) is 16.2 Å². The number of hydrogen-bond acceptors (Lipinski definition) is 6. The molecule has 0 aromatic carbocycles. The molecule has 5 nitrogen and oxygen atoms in total. The van der Waals surface area contributed by atoms with Crippen molar-refractivity contribution in [2.75, 3.05) is 0 Å². The lowest BCUT2D eigenvalue weighted by Crippen LogP contribution is -2.44. The molecular weight excluding hydrogens is 162 g/mol. The third kappa shape index (κ3) is 1.26. The van der Waals surface area contributed by atoms with Crippen LogP contribution in [0, 0.1) is 0 Å². The van der Waals surface area contributed by atoms with E-state index in [0.29, 0.717) is 5.82 Å². The van der Waals surface area contributed by atoms with Crippen LogP contribution in [0.3, 0.4) is 0 Å². The van der Waals surface area contributed by atoms with E-state index in [1.807, 2.05) is 5.41 Å². The van der Waals surface area contributed by atoms with Gasteiger partial charge in [-0.3, -0.25) is 4.99 Å². The molecule has 0 saturated carbocycles. The van der Waals surface area contributed by atoms with Crippen molar-refractivity contribution in [2.45, 2.75) is 11.5 Å². The third-order valence-corrected chi connectivity index (χ3v) is 2.53. The van der Waals surface area contributed by atoms with Gasteiger partial charge in [0, 0.05) is 5.41 Å². The summed E-state index contributed by atoms with van der Waals surface area (Å²) in [5.41, 5.74) is 11.3. The fourth-order valence-corrected chi connectivity index (χ4v) is 1.82. The zero-order valence-electron chi connectivity index (χ0n) is 5.74. The second-order valence-electron chi connectivity index (χ2n) is 2.29. The average Bonchev–Trinajstić information content (AvgIpc) is 2.55. The first-order valence-electron chi connectivity index (χ1n) is 3.26. The summed E-state index contributed by atoms with van der Waals surface area (Å²) in [6.45, 7) is 0. The number of nitrogens with two attached hydrogens (primary N) is 1. The van der Waals surface area contributed by atoms with E-state index in [1.165, 1.54) is 0 Å². The van der Waals surface area contributed by atoms with E-state index in [4.69, 9.17) is 5.73 Å². The van der Waals surface area contributed by atoms with Crippen molar-refractivity contribution in [2.24, 2.45) is 10.7 Å². The predicted octanol–water partition coefficient (Wildman–Crippen LogP) is -1.13. The molecule has 2 heterocycles. The highest BCUT2D eigenvalue weighted by atomic mass is 32.2. The highest BCUT2D eigenvalue weighted by molar-refractivity contribution is 8.03. The summed E-state index contributed by atoms with van der Waals surface area (Å²) in [5, 5.41) is 5.18. The van der Waals surface area contributed by atoms with Crippen LogP contribution in [-0.2, 0) is 0 Å². The van der Waals surface area contributed by atoms with Crippen LogP contribution >= 0.6 is 11.8 Å². The Balaban J connectivity index is 1.93. The molecule has 0 aliphatic carbocycles. The monoisotopic (exact) mass is 171 g/mol. The Morgan fingerprint density at radius 1 is 1.64 bits per heavy atom. The lowest BCUT2D eigenvalue weighted by atomic mass is 10.5. The maximum atomic E-state index is 5.52. The first kappa shape index (κ1) is 6.81. The van der Waals surface area contributed by atoms with Crippen molar-refractivity contribution < 1.29 is 0 Å². The Kier molecular flexibility index (Phi) is 1.63. The Morgan fingerprint density at radius 3 is 3.09 bits per heavy atom. The van der Waals surface area contributed by atoms with E-state index < -0.39 is 0 Å². The summed E-state index contributed by atoms with van der Waals surface area (Å²) in [6, 6.07) is 0. The molecule has 2 rings (SSSR count). The number of hydrogen-bond donors (Lipinski definition) is 4. The van der Waals surface area contributed by atoms with Crippen molar-refractivity contribution in [1.82, 2.24) is 16.2 Å². The molecule has 2 aliphatic rings. The molecule has 60 valence electrons. The summed E-state index contributed by atoms with van der Waals surface area (Å²) in [4.78, 5) is 4.13. The van der Waals surface area contributed by atoms with Crippen LogP contribution in [0.5, 0.6) is 0 Å². The minimum absolute atomic E-state index is 0.0669. The zero-order chi connectivity index (χ0) is 7.68. The van der Waals surface area contributed by atoms with E-state index in [1.54, 1.807) is 18.1 Å². The molecule has 11 heavy (non-hydrogen) atoms. The summed E-state index contributed by atoms with van der Waals surface area (Å²) < 4.78 is 0. The number of nitrogens with zero attached hydrogens (tertiary/aromatic N) is 1. The molecule has 0 bridgehead atoms. The van der Waals surface area contributed by atoms with Gasteiger partial charge in [0.2, 0.25) is 0 Å². The molecular formula is C5H9N5S. The summed E-state index contributed by atoms with van der Waals surface area (Å²) >= 11 is 1.63. The molecule has 2 unspecified atom stereocenters. The molecule has 0 saturated heterocycles. The van der Waals surface area contributed by atoms with E-state index in [0.717, 1.165) is 0 Å². The van der Waals surface area contributed by atoms with Gasteiger partial charge in [-0.1, -0.05) is 0 Å². The van der Waals surface area contributed by atoms with Crippen LogP contribution < -0.4 is 21.9 Å². The Hall–Kier alpha value is -0.880. The molecule has 5 N–H and O–H groups in total. The average molecular weight is 171 g/mol. The van der Waals surface area contributed by atoms with Gasteiger partial charge < -0.3 is 16.5 Å². The molecule has 0 spiro atoms. The van der Waals surface area contributed by atoms with Gasteiger partial charge in [0.15, 0.2) is 0 Å². The highest BCUT2D eigenvalue weighted by Gasteiger charge is 2.25. The quantitative estimate of drug-likeness (QED) is 0.402. The fourth-order valence-electron chi connectivity index (χ4n) is 0.964. The third-order valence-electron chi connectivity index (χ3n) is 1.47. The van der Waals surface area contributed by atoms with Crippen molar-refractivity contribution in [1.29, 1.82) is 0 Å². The summed E-state index contributed by atoms with van der Waals surface area (Å²) in [6.07, 6.45) is 1.71. The number of aliphatic imine (C=N–C) groups is 1. The lowest BCUT2D eigenvalue weighted by molar-refractivity contribution is 0.501. The van der Waals surface area contributed by atoms with Crippen LogP contribution in [0.25, 0.3) is 0 Å². The van der Waals surface area contributed by atoms with Crippen molar-refractivity contribution in [3.05, 3.63) is 11.2 Å². The Morgan fingerprint density at radius 2 is 2.55 bits per heavy atom. The fraction of sp³-hybridized carbons (Fsp3) is 0.400. The maximum absolute atomic E-state index is 5.52. The van der Waals surface area contributed by atoms with Gasteiger partial charge in [0.25, 0.3) is 0 Å². The summed E-state index contributed by atoms with van der Waals surface area (Å²) in [7, 11) is 0. The van der Waals surface area contributed by atoms with Gasteiger partial charge in [-0.2, -0.15) is 0 Å². The second kappa shape index (κ2) is 2.63. The first-order valence-corrected chi connectivity index (χ1v) is 4.21. The van der Waals surface area contributed by atoms with Gasteiger partial charge >= 0.3 is 0 Å². The molecule has 2 atom stereocenters. The zero-order valence-corrected chi connectivity index (χ0v) is 6.56. The minimum Gasteiger partial charge on any atom is -0.385 e. The van der Waals surface area contributed by atoms with E-state index >= 15 is 0 Å². The minimum atomic E-state index is 0.0669. The van der Waals surface area contributed by atoms with Gasteiger partial charge in [0.1, 0.15) is 17.4 Å². The molecule has 0 aromatic heterocycles. The molecule has 2 aliphatic heterocycles. The smallest absolute Gasteiger partial charge is 0.148 e. The standard InChI is InChI=1S/C5H9N5S/c6-3-1-11-5(9-3)4-7-2-8-10-4/h1-2,4-5,9-10H,6H2,(H,7,8). The molecule has 0 amide bonds. The lowest BCUT2D eigenvalue weighted by Gasteiger charge is -2.15. The number of rotatable bonds is 1. The summed E-state index contributed by atoms with van der Waals surface area (Å²) in [5.74, 6) is 0.712. The van der Waals surface area contributed by atoms with Crippen molar-refractivity contribution in [3.63, 3.8) is 0 Å². The number of hydrazine groups is 1. The largest absolute Gasteiger partial charge is 0.385 e. The van der Waals surface area contributed by atoms with Crippen LogP contribution in [0.1, 0.15) is 0 Å². The SMILES string of the molecule is NC1=CSC(C2N=CNN2)N1. The molecule has 0 fully saturated rings. The highest BCUT2D eigenvalue weighted by Crippen LogP contribution is 2.21. The van der Waals surface area contributed by atoms with Gasteiger partial charge in [-0.05, 0) is 0 Å². The van der Waals surface area contributed by atoms with E-state index in [2.05, 4.69) is 21.2 Å². The van der Waals surface area contributed by atoms with Crippen LogP contribution in [0.4, 0.5) is 0 Å². The van der Waals surface area contributed by atoms with Gasteiger partial charge in [-0.25, -0.2) is 5.43 Å². The van der Waals surface area contributed by atoms with E-state index in [-0.39, 0.29) is 11.5 Å². The van der Waals surface area contributed by atoms with Crippen LogP contribution in [-0.4, -0.2) is 17.9 Å². The van der Waals surface area contributed by atoms with Gasteiger partial charge in [0.05, 0.1) is 6.34 Å². The molecule has 0 radical (unpaired) electrons.